The van der Waals surface area contributed by atoms with E-state index >= 15 is 0 Å². The minimum atomic E-state index is -0.206. The summed E-state index contributed by atoms with van der Waals surface area (Å²) in [4.78, 5) is 11.5. The molecule has 0 saturated carbocycles. The maximum Gasteiger partial charge on any atom is 0.244 e. The molecule has 0 aliphatic heterocycles. The van der Waals surface area contributed by atoms with Crippen LogP contribution in [0.2, 0.25) is 0 Å². The fraction of sp³-hybridized carbons (Fsp3) is 0.308. The molecule has 0 bridgehead atoms. The van der Waals surface area contributed by atoms with Gasteiger partial charge in [-0.25, -0.2) is 0 Å². The van der Waals surface area contributed by atoms with E-state index in [1.807, 2.05) is 19.1 Å². The number of amides is 1. The average molecular weight is 234 g/mol. The predicted molar refractivity (Wildman–Crippen MR) is 69.2 cm³/mol. The number of nitrogens with two attached hydrogens (primary N) is 1. The third kappa shape index (κ3) is 4.70. The molecular weight excluding hydrogens is 216 g/mol. The van der Waals surface area contributed by atoms with E-state index in [-0.39, 0.29) is 18.6 Å². The van der Waals surface area contributed by atoms with E-state index < -0.39 is 0 Å². The Morgan fingerprint density at radius 2 is 2.12 bits per heavy atom. The van der Waals surface area contributed by atoms with Gasteiger partial charge in [0.15, 0.2) is 0 Å². The monoisotopic (exact) mass is 234 g/mol. The van der Waals surface area contributed by atoms with Crippen LogP contribution in [0.3, 0.4) is 0 Å². The summed E-state index contributed by atoms with van der Waals surface area (Å²) in [5.41, 5.74) is 7.15. The highest BCUT2D eigenvalue weighted by atomic mass is 16.3. The molecule has 1 aromatic rings. The van der Waals surface area contributed by atoms with Crippen molar-refractivity contribution in [3.8, 4) is 0 Å². The zero-order valence-electron chi connectivity index (χ0n) is 9.89. The van der Waals surface area contributed by atoms with Gasteiger partial charge in [0.2, 0.25) is 5.91 Å². The standard InChI is InChI=1S/C13H18N2O2/c1-2-12(9-16)15-13(17)8-5-10-3-6-11(14)7-4-10/h3-8,12,16H,2,9,14H2,1H3,(H,15,17)/b8-5+. The topological polar surface area (TPSA) is 75.3 Å². The van der Waals surface area contributed by atoms with Crippen molar-refractivity contribution in [2.45, 2.75) is 19.4 Å². The lowest BCUT2D eigenvalue weighted by atomic mass is 10.2. The molecular formula is C13H18N2O2. The molecule has 0 saturated heterocycles. The van der Waals surface area contributed by atoms with E-state index in [1.54, 1.807) is 18.2 Å². The third-order valence-corrected chi connectivity index (χ3v) is 2.42. The number of carbonyl (C=O) groups excluding carboxylic acids is 1. The second-order valence-electron chi connectivity index (χ2n) is 3.80. The first-order valence-electron chi connectivity index (χ1n) is 5.60. The Bertz CT molecular complexity index is 381. The van der Waals surface area contributed by atoms with Gasteiger partial charge in [-0.2, -0.15) is 0 Å². The van der Waals surface area contributed by atoms with Crippen molar-refractivity contribution in [3.63, 3.8) is 0 Å². The van der Waals surface area contributed by atoms with Gasteiger partial charge in [0, 0.05) is 11.8 Å². The number of benzene rings is 1. The summed E-state index contributed by atoms with van der Waals surface area (Å²) < 4.78 is 0. The highest BCUT2D eigenvalue weighted by Crippen LogP contribution is 2.06. The summed E-state index contributed by atoms with van der Waals surface area (Å²) in [6, 6.07) is 7.05. The lowest BCUT2D eigenvalue weighted by Gasteiger charge is -2.11. The Hall–Kier alpha value is -1.81. The number of carbonyl (C=O) groups is 1. The SMILES string of the molecule is CCC(CO)NC(=O)/C=C/c1ccc(N)cc1. The molecule has 4 heteroatoms. The van der Waals surface area contributed by atoms with Gasteiger partial charge in [0.25, 0.3) is 0 Å². The molecule has 17 heavy (non-hydrogen) atoms. The van der Waals surface area contributed by atoms with Crippen LogP contribution in [0.4, 0.5) is 5.69 Å². The highest BCUT2D eigenvalue weighted by molar-refractivity contribution is 5.91. The number of hydrogen-bond donors (Lipinski definition) is 3. The lowest BCUT2D eigenvalue weighted by Crippen LogP contribution is -2.35. The smallest absolute Gasteiger partial charge is 0.244 e. The molecule has 92 valence electrons. The summed E-state index contributed by atoms with van der Waals surface area (Å²) in [6.45, 7) is 1.86. The summed E-state index contributed by atoms with van der Waals surface area (Å²) in [7, 11) is 0. The molecule has 0 radical (unpaired) electrons. The highest BCUT2D eigenvalue weighted by Gasteiger charge is 2.05. The number of aliphatic hydroxyl groups is 1. The second-order valence-corrected chi connectivity index (χ2v) is 3.80. The predicted octanol–water partition coefficient (Wildman–Crippen LogP) is 1.17. The fourth-order valence-electron chi connectivity index (χ4n) is 1.31. The lowest BCUT2D eigenvalue weighted by molar-refractivity contribution is -0.117. The van der Waals surface area contributed by atoms with Gasteiger partial charge in [-0.05, 0) is 30.2 Å². The fourth-order valence-corrected chi connectivity index (χ4v) is 1.31. The Balaban J connectivity index is 2.53. The number of nitrogens with one attached hydrogen (secondary N) is 1. The largest absolute Gasteiger partial charge is 0.399 e. The molecule has 0 aliphatic rings. The quantitative estimate of drug-likeness (QED) is 0.529. The van der Waals surface area contributed by atoms with Crippen LogP contribution in [0.25, 0.3) is 6.08 Å². The van der Waals surface area contributed by atoms with Crippen LogP contribution in [-0.4, -0.2) is 23.7 Å². The van der Waals surface area contributed by atoms with Gasteiger partial charge in [0.05, 0.1) is 12.6 Å². The molecule has 1 unspecified atom stereocenters. The van der Waals surface area contributed by atoms with Gasteiger partial charge >= 0.3 is 0 Å². The van der Waals surface area contributed by atoms with Crippen molar-refractivity contribution < 1.29 is 9.90 Å². The Morgan fingerprint density at radius 3 is 2.65 bits per heavy atom. The number of anilines is 1. The van der Waals surface area contributed by atoms with Crippen LogP contribution in [-0.2, 0) is 4.79 Å². The summed E-state index contributed by atoms with van der Waals surface area (Å²) >= 11 is 0. The normalized spacial score (nSPS) is 12.6. The van der Waals surface area contributed by atoms with E-state index in [9.17, 15) is 4.79 Å². The van der Waals surface area contributed by atoms with Crippen molar-refractivity contribution in [1.82, 2.24) is 5.32 Å². The molecule has 1 amide bonds. The van der Waals surface area contributed by atoms with Gasteiger partial charge < -0.3 is 16.2 Å². The Kier molecular flexibility index (Phi) is 5.23. The molecule has 0 heterocycles. The van der Waals surface area contributed by atoms with Crippen molar-refractivity contribution in [3.05, 3.63) is 35.9 Å². The summed E-state index contributed by atoms with van der Waals surface area (Å²) in [5.74, 6) is -0.206. The molecule has 1 aromatic carbocycles. The van der Waals surface area contributed by atoms with Crippen molar-refractivity contribution in [2.24, 2.45) is 0 Å². The summed E-state index contributed by atoms with van der Waals surface area (Å²) in [6.07, 6.45) is 3.86. The molecule has 1 rings (SSSR count). The van der Waals surface area contributed by atoms with Crippen LogP contribution in [0.1, 0.15) is 18.9 Å². The van der Waals surface area contributed by atoms with E-state index in [1.165, 1.54) is 6.08 Å². The van der Waals surface area contributed by atoms with E-state index in [4.69, 9.17) is 10.8 Å². The van der Waals surface area contributed by atoms with Gasteiger partial charge in [-0.1, -0.05) is 19.1 Å². The number of rotatable bonds is 5. The van der Waals surface area contributed by atoms with Gasteiger partial charge in [0.1, 0.15) is 0 Å². The van der Waals surface area contributed by atoms with Crippen molar-refractivity contribution in [2.75, 3.05) is 12.3 Å². The second kappa shape index (κ2) is 6.70. The van der Waals surface area contributed by atoms with Crippen LogP contribution < -0.4 is 11.1 Å². The first-order chi connectivity index (χ1) is 8.15. The molecule has 4 N–H and O–H groups in total. The number of nitrogen functional groups attached to an aromatic ring is 1. The Morgan fingerprint density at radius 1 is 1.47 bits per heavy atom. The molecule has 1 atom stereocenters. The first kappa shape index (κ1) is 13.3. The maximum atomic E-state index is 11.5. The molecule has 0 aromatic heterocycles. The minimum Gasteiger partial charge on any atom is -0.399 e. The van der Waals surface area contributed by atoms with Crippen LogP contribution in [0.15, 0.2) is 30.3 Å². The van der Waals surface area contributed by atoms with E-state index in [0.717, 1.165) is 5.56 Å². The number of aliphatic hydroxyl groups excluding tert-OH is 1. The maximum absolute atomic E-state index is 11.5. The van der Waals surface area contributed by atoms with Crippen LogP contribution >= 0.6 is 0 Å². The van der Waals surface area contributed by atoms with Gasteiger partial charge in [-0.3, -0.25) is 4.79 Å². The zero-order chi connectivity index (χ0) is 12.7. The minimum absolute atomic E-state index is 0.0437. The van der Waals surface area contributed by atoms with Crippen LogP contribution in [0.5, 0.6) is 0 Å². The van der Waals surface area contributed by atoms with Crippen LogP contribution in [0, 0.1) is 0 Å². The Labute approximate surface area is 101 Å². The third-order valence-electron chi connectivity index (χ3n) is 2.42. The van der Waals surface area contributed by atoms with Gasteiger partial charge in [-0.15, -0.1) is 0 Å². The first-order valence-corrected chi connectivity index (χ1v) is 5.60. The molecule has 4 nitrogen and oxygen atoms in total. The molecule has 0 spiro atoms. The summed E-state index contributed by atoms with van der Waals surface area (Å²) in [5, 5.41) is 11.6. The van der Waals surface area contributed by atoms with Crippen molar-refractivity contribution >= 4 is 17.7 Å². The molecule has 0 aliphatic carbocycles. The van der Waals surface area contributed by atoms with E-state index in [2.05, 4.69) is 5.32 Å². The number of hydrogen-bond acceptors (Lipinski definition) is 3. The van der Waals surface area contributed by atoms with Crippen molar-refractivity contribution in [1.29, 1.82) is 0 Å². The average Bonchev–Trinajstić information content (AvgIpc) is 2.35. The van der Waals surface area contributed by atoms with E-state index in [0.29, 0.717) is 12.1 Å². The molecule has 0 fully saturated rings. The zero-order valence-corrected chi connectivity index (χ0v) is 9.89.